The predicted molar refractivity (Wildman–Crippen MR) is 66.2 cm³/mol. The number of nitrogens with one attached hydrogen (secondary N) is 1. The molecule has 1 heterocycles. The highest BCUT2D eigenvalue weighted by atomic mass is 35.5. The number of aromatic nitrogens is 2. The van der Waals surface area contributed by atoms with E-state index in [1.54, 1.807) is 30.5 Å². The first-order chi connectivity index (χ1) is 8.19. The van der Waals surface area contributed by atoms with Gasteiger partial charge in [0.15, 0.2) is 0 Å². The van der Waals surface area contributed by atoms with E-state index in [4.69, 9.17) is 16.9 Å². The fraction of sp³-hybridized carbons (Fsp3) is 0.0833. The lowest BCUT2D eigenvalue weighted by Crippen LogP contribution is -1.97. The molecule has 0 saturated heterocycles. The van der Waals surface area contributed by atoms with Gasteiger partial charge in [0.05, 0.1) is 11.6 Å². The van der Waals surface area contributed by atoms with Crippen LogP contribution in [-0.2, 0) is 0 Å². The second kappa shape index (κ2) is 4.81. The Morgan fingerprint density at radius 3 is 2.59 bits per heavy atom. The lowest BCUT2D eigenvalue weighted by Gasteiger charge is -2.05. The van der Waals surface area contributed by atoms with Gasteiger partial charge in [-0.2, -0.15) is 5.26 Å². The molecule has 17 heavy (non-hydrogen) atoms. The van der Waals surface area contributed by atoms with Crippen LogP contribution < -0.4 is 5.32 Å². The Labute approximate surface area is 104 Å². The van der Waals surface area contributed by atoms with Crippen molar-refractivity contribution < 1.29 is 0 Å². The molecular formula is C12H9ClN4. The molecule has 0 unspecified atom stereocenters. The molecule has 0 aliphatic rings. The quantitative estimate of drug-likeness (QED) is 0.825. The van der Waals surface area contributed by atoms with Gasteiger partial charge in [0.1, 0.15) is 5.15 Å². The third-order valence-corrected chi connectivity index (χ3v) is 2.56. The maximum Gasteiger partial charge on any atom is 0.228 e. The van der Waals surface area contributed by atoms with Crippen molar-refractivity contribution in [3.05, 3.63) is 46.7 Å². The molecule has 5 heteroatoms. The van der Waals surface area contributed by atoms with Crippen LogP contribution in [0.4, 0.5) is 11.6 Å². The van der Waals surface area contributed by atoms with E-state index >= 15 is 0 Å². The molecule has 0 aliphatic carbocycles. The zero-order chi connectivity index (χ0) is 12.3. The molecular weight excluding hydrogens is 236 g/mol. The number of nitriles is 1. The third kappa shape index (κ3) is 2.71. The van der Waals surface area contributed by atoms with Crippen LogP contribution >= 0.6 is 11.6 Å². The zero-order valence-corrected chi connectivity index (χ0v) is 9.86. The van der Waals surface area contributed by atoms with Crippen molar-refractivity contribution in [2.75, 3.05) is 5.32 Å². The molecule has 2 rings (SSSR count). The van der Waals surface area contributed by atoms with Crippen molar-refractivity contribution in [2.24, 2.45) is 0 Å². The first-order valence-electron chi connectivity index (χ1n) is 4.95. The average Bonchev–Trinajstić information content (AvgIpc) is 2.35. The summed E-state index contributed by atoms with van der Waals surface area (Å²) in [6, 6.07) is 9.07. The number of halogens is 1. The van der Waals surface area contributed by atoms with Crippen LogP contribution in [0.5, 0.6) is 0 Å². The van der Waals surface area contributed by atoms with Crippen LogP contribution in [0.15, 0.2) is 30.5 Å². The minimum Gasteiger partial charge on any atom is -0.324 e. The first-order valence-corrected chi connectivity index (χ1v) is 5.33. The summed E-state index contributed by atoms with van der Waals surface area (Å²) in [4.78, 5) is 8.19. The molecule has 0 saturated carbocycles. The van der Waals surface area contributed by atoms with Crippen molar-refractivity contribution in [1.29, 1.82) is 5.26 Å². The second-order valence-electron chi connectivity index (χ2n) is 3.48. The van der Waals surface area contributed by atoms with Crippen molar-refractivity contribution in [2.45, 2.75) is 6.92 Å². The highest BCUT2D eigenvalue weighted by molar-refractivity contribution is 6.30. The summed E-state index contributed by atoms with van der Waals surface area (Å²) in [7, 11) is 0. The zero-order valence-electron chi connectivity index (χ0n) is 9.11. The van der Waals surface area contributed by atoms with Gasteiger partial charge < -0.3 is 5.32 Å². The molecule has 84 valence electrons. The number of benzene rings is 1. The molecule has 0 spiro atoms. The fourth-order valence-electron chi connectivity index (χ4n) is 1.24. The minimum absolute atomic E-state index is 0.427. The second-order valence-corrected chi connectivity index (χ2v) is 3.84. The van der Waals surface area contributed by atoms with Crippen molar-refractivity contribution >= 4 is 23.2 Å². The van der Waals surface area contributed by atoms with Crippen LogP contribution in [0.3, 0.4) is 0 Å². The van der Waals surface area contributed by atoms with Gasteiger partial charge in [0.2, 0.25) is 5.95 Å². The molecule has 4 nitrogen and oxygen atoms in total. The number of hydrogen-bond donors (Lipinski definition) is 1. The Hall–Kier alpha value is -2.12. The summed E-state index contributed by atoms with van der Waals surface area (Å²) >= 11 is 5.89. The third-order valence-electron chi connectivity index (χ3n) is 2.18. The first kappa shape index (κ1) is 11.4. The maximum atomic E-state index is 8.67. The number of anilines is 2. The Morgan fingerprint density at radius 1 is 1.29 bits per heavy atom. The summed E-state index contributed by atoms with van der Waals surface area (Å²) in [5.41, 5.74) is 2.25. The standard InChI is InChI=1S/C12H9ClN4/c1-8-7-15-12(17-11(8)13)16-10-4-2-9(6-14)3-5-10/h2-5,7H,1H3,(H,15,16,17). The summed E-state index contributed by atoms with van der Waals surface area (Å²) in [5.74, 6) is 0.435. The molecule has 1 aromatic heterocycles. The number of aryl methyl sites for hydroxylation is 1. The minimum atomic E-state index is 0.427. The van der Waals surface area contributed by atoms with E-state index in [9.17, 15) is 0 Å². The maximum absolute atomic E-state index is 8.67. The Bertz CT molecular complexity index is 572. The van der Waals surface area contributed by atoms with Crippen molar-refractivity contribution in [3.63, 3.8) is 0 Å². The van der Waals surface area contributed by atoms with E-state index in [-0.39, 0.29) is 0 Å². The van der Waals surface area contributed by atoms with Crippen LogP contribution in [0.1, 0.15) is 11.1 Å². The van der Waals surface area contributed by atoms with Crippen LogP contribution in [0.2, 0.25) is 5.15 Å². The van der Waals surface area contributed by atoms with Gasteiger partial charge in [0.25, 0.3) is 0 Å². The topological polar surface area (TPSA) is 61.6 Å². The fourth-order valence-corrected chi connectivity index (χ4v) is 1.37. The van der Waals surface area contributed by atoms with E-state index in [2.05, 4.69) is 21.4 Å². The van der Waals surface area contributed by atoms with Gasteiger partial charge in [0, 0.05) is 17.4 Å². The lowest BCUT2D eigenvalue weighted by atomic mass is 10.2. The largest absolute Gasteiger partial charge is 0.324 e. The van der Waals surface area contributed by atoms with Gasteiger partial charge in [-0.15, -0.1) is 0 Å². The average molecular weight is 245 g/mol. The smallest absolute Gasteiger partial charge is 0.228 e. The van der Waals surface area contributed by atoms with Gasteiger partial charge in [-0.05, 0) is 31.2 Å². The molecule has 1 N–H and O–H groups in total. The van der Waals surface area contributed by atoms with E-state index in [0.717, 1.165) is 11.3 Å². The van der Waals surface area contributed by atoms with Crippen LogP contribution in [0.25, 0.3) is 0 Å². The summed E-state index contributed by atoms with van der Waals surface area (Å²) < 4.78 is 0. The van der Waals surface area contributed by atoms with E-state index in [0.29, 0.717) is 16.7 Å². The molecule has 0 fully saturated rings. The Morgan fingerprint density at radius 2 is 2.00 bits per heavy atom. The van der Waals surface area contributed by atoms with Gasteiger partial charge in [-0.25, -0.2) is 9.97 Å². The normalized spacial score (nSPS) is 9.71. The number of hydrogen-bond acceptors (Lipinski definition) is 4. The summed E-state index contributed by atoms with van der Waals surface area (Å²) in [6.07, 6.45) is 1.65. The van der Waals surface area contributed by atoms with Gasteiger partial charge in [-0.3, -0.25) is 0 Å². The van der Waals surface area contributed by atoms with Gasteiger partial charge >= 0.3 is 0 Å². The van der Waals surface area contributed by atoms with Crippen LogP contribution in [0, 0.1) is 18.3 Å². The number of nitrogens with zero attached hydrogens (tertiary/aromatic N) is 3. The Kier molecular flexibility index (Phi) is 3.22. The molecule has 0 bridgehead atoms. The summed E-state index contributed by atoms with van der Waals surface area (Å²) in [6.45, 7) is 1.84. The monoisotopic (exact) mass is 244 g/mol. The van der Waals surface area contributed by atoms with E-state index in [1.165, 1.54) is 0 Å². The van der Waals surface area contributed by atoms with E-state index < -0.39 is 0 Å². The lowest BCUT2D eigenvalue weighted by molar-refractivity contribution is 1.13. The predicted octanol–water partition coefficient (Wildman–Crippen LogP) is 3.05. The van der Waals surface area contributed by atoms with E-state index in [1.807, 2.05) is 6.92 Å². The SMILES string of the molecule is Cc1cnc(Nc2ccc(C#N)cc2)nc1Cl. The molecule has 1 aromatic carbocycles. The molecule has 0 atom stereocenters. The molecule has 0 radical (unpaired) electrons. The van der Waals surface area contributed by atoms with Crippen LogP contribution in [-0.4, -0.2) is 9.97 Å². The molecule has 2 aromatic rings. The highest BCUT2D eigenvalue weighted by Crippen LogP contribution is 2.17. The highest BCUT2D eigenvalue weighted by Gasteiger charge is 2.01. The number of rotatable bonds is 2. The molecule has 0 amide bonds. The molecule has 0 aliphatic heterocycles. The van der Waals surface area contributed by atoms with Crippen molar-refractivity contribution in [1.82, 2.24) is 9.97 Å². The van der Waals surface area contributed by atoms with Crippen molar-refractivity contribution in [3.8, 4) is 6.07 Å². The Balaban J connectivity index is 2.20. The van der Waals surface area contributed by atoms with Gasteiger partial charge in [-0.1, -0.05) is 11.6 Å². The summed E-state index contributed by atoms with van der Waals surface area (Å²) in [5, 5.41) is 12.1.